The van der Waals surface area contributed by atoms with E-state index in [4.69, 9.17) is 21.1 Å². The molecule has 1 fully saturated rings. The lowest BCUT2D eigenvalue weighted by atomic mass is 9.95. The second-order valence-electron chi connectivity index (χ2n) is 8.07. The molecule has 4 rings (SSSR count). The topological polar surface area (TPSA) is 47.6 Å². The fourth-order valence-corrected chi connectivity index (χ4v) is 5.72. The summed E-state index contributed by atoms with van der Waals surface area (Å²) < 4.78 is 11.9. The number of rotatable bonds is 10. The molecule has 1 amide bonds. The standard InChI is InChI=1S/C26H25ClINO3S/c27-24-15-23(12-11-20(24)8-5-13-26(17-28)18-32-25(30)29-26)33-22-10-4-9-21(14-22)31-16-19-6-2-1-3-7-19/h1-4,6-7,9-12,14-15H,5,8,13,16-18H2,(H,29,30). The smallest absolute Gasteiger partial charge is 0.407 e. The number of alkyl carbamates (subject to hydrolysis) is 1. The van der Waals surface area contributed by atoms with Gasteiger partial charge in [0, 0.05) is 19.2 Å². The maximum atomic E-state index is 11.4. The molecular weight excluding hydrogens is 569 g/mol. The number of aryl methyl sites for hydroxylation is 1. The number of carbonyl (C=O) groups is 1. The van der Waals surface area contributed by atoms with Gasteiger partial charge >= 0.3 is 6.09 Å². The molecule has 1 N–H and O–H groups in total. The molecule has 1 atom stereocenters. The fraction of sp³-hybridized carbons (Fsp3) is 0.269. The highest BCUT2D eigenvalue weighted by Gasteiger charge is 2.37. The maximum Gasteiger partial charge on any atom is 0.407 e. The summed E-state index contributed by atoms with van der Waals surface area (Å²) in [6, 6.07) is 24.5. The summed E-state index contributed by atoms with van der Waals surface area (Å²) >= 11 is 10.6. The number of cyclic esters (lactones) is 1. The van der Waals surface area contributed by atoms with Gasteiger partial charge in [0.1, 0.15) is 19.0 Å². The molecule has 3 aromatic carbocycles. The number of nitrogens with one attached hydrogen (secondary N) is 1. The Balaban J connectivity index is 1.32. The van der Waals surface area contributed by atoms with Gasteiger partial charge in [0.2, 0.25) is 0 Å². The molecule has 0 radical (unpaired) electrons. The first kappa shape index (κ1) is 24.2. The lowest BCUT2D eigenvalue weighted by Crippen LogP contribution is -2.45. The first-order valence-electron chi connectivity index (χ1n) is 10.8. The molecule has 1 heterocycles. The summed E-state index contributed by atoms with van der Waals surface area (Å²) in [5, 5.41) is 3.73. The van der Waals surface area contributed by atoms with Crippen LogP contribution in [0.3, 0.4) is 0 Å². The molecular formula is C26H25ClINO3S. The van der Waals surface area contributed by atoms with Gasteiger partial charge in [-0.15, -0.1) is 0 Å². The Hall–Kier alpha value is -1.90. The van der Waals surface area contributed by atoms with E-state index in [9.17, 15) is 4.79 Å². The number of hydrogen-bond donors (Lipinski definition) is 1. The van der Waals surface area contributed by atoms with Crippen molar-refractivity contribution in [3.63, 3.8) is 0 Å². The van der Waals surface area contributed by atoms with Gasteiger partial charge in [0.05, 0.1) is 5.54 Å². The first-order chi connectivity index (χ1) is 16.0. The molecule has 0 bridgehead atoms. The highest BCUT2D eigenvalue weighted by Crippen LogP contribution is 2.33. The van der Waals surface area contributed by atoms with Crippen LogP contribution in [0.4, 0.5) is 4.79 Å². The normalized spacial score (nSPS) is 17.5. The van der Waals surface area contributed by atoms with E-state index in [2.05, 4.69) is 64.3 Å². The number of amides is 1. The van der Waals surface area contributed by atoms with Crippen molar-refractivity contribution in [1.82, 2.24) is 5.32 Å². The Labute approximate surface area is 217 Å². The average molecular weight is 594 g/mol. The Morgan fingerprint density at radius 1 is 1.06 bits per heavy atom. The minimum atomic E-state index is -0.319. The van der Waals surface area contributed by atoms with Gasteiger partial charge in [-0.3, -0.25) is 0 Å². The van der Waals surface area contributed by atoms with Crippen LogP contribution in [0.15, 0.2) is 82.6 Å². The van der Waals surface area contributed by atoms with Gasteiger partial charge in [-0.1, -0.05) is 88.4 Å². The molecule has 172 valence electrons. The Bertz CT molecular complexity index is 1100. The number of benzene rings is 3. The molecule has 1 saturated heterocycles. The van der Waals surface area contributed by atoms with Crippen molar-refractivity contribution in [1.29, 1.82) is 0 Å². The van der Waals surface area contributed by atoms with Crippen LogP contribution in [-0.2, 0) is 17.8 Å². The number of halogens is 2. The van der Waals surface area contributed by atoms with Crippen LogP contribution in [0.1, 0.15) is 24.0 Å². The van der Waals surface area contributed by atoms with Gasteiger partial charge in [0.15, 0.2) is 0 Å². The van der Waals surface area contributed by atoms with Crippen molar-refractivity contribution in [3.05, 3.63) is 88.9 Å². The van der Waals surface area contributed by atoms with Gasteiger partial charge in [-0.25, -0.2) is 4.79 Å². The Kier molecular flexibility index (Phi) is 8.44. The lowest BCUT2D eigenvalue weighted by molar-refractivity contribution is 0.173. The van der Waals surface area contributed by atoms with E-state index < -0.39 is 0 Å². The zero-order chi connectivity index (χ0) is 23.1. The Morgan fingerprint density at radius 2 is 1.88 bits per heavy atom. The van der Waals surface area contributed by atoms with E-state index >= 15 is 0 Å². The summed E-state index contributed by atoms with van der Waals surface area (Å²) in [6.45, 7) is 0.982. The zero-order valence-electron chi connectivity index (χ0n) is 18.1. The van der Waals surface area contributed by atoms with Crippen molar-refractivity contribution in [3.8, 4) is 5.75 Å². The molecule has 3 aromatic rings. The Morgan fingerprint density at radius 3 is 2.61 bits per heavy atom. The predicted octanol–water partition coefficient (Wildman–Crippen LogP) is 7.31. The highest BCUT2D eigenvalue weighted by molar-refractivity contribution is 14.1. The maximum absolute atomic E-state index is 11.4. The van der Waals surface area contributed by atoms with Gasteiger partial charge in [-0.05, 0) is 60.7 Å². The largest absolute Gasteiger partial charge is 0.489 e. The van der Waals surface area contributed by atoms with E-state index in [0.29, 0.717) is 13.2 Å². The predicted molar refractivity (Wildman–Crippen MR) is 142 cm³/mol. The van der Waals surface area contributed by atoms with E-state index in [1.165, 1.54) is 0 Å². The molecule has 1 unspecified atom stereocenters. The molecule has 0 spiro atoms. The first-order valence-corrected chi connectivity index (χ1v) is 13.5. The summed E-state index contributed by atoms with van der Waals surface area (Å²) in [6.07, 6.45) is 2.34. The second kappa shape index (κ2) is 11.5. The molecule has 33 heavy (non-hydrogen) atoms. The van der Waals surface area contributed by atoms with Crippen molar-refractivity contribution < 1.29 is 14.3 Å². The van der Waals surface area contributed by atoms with Crippen molar-refractivity contribution in [2.45, 2.75) is 41.2 Å². The molecule has 1 aliphatic heterocycles. The summed E-state index contributed by atoms with van der Waals surface area (Å²) in [5.74, 6) is 0.846. The van der Waals surface area contributed by atoms with Crippen LogP contribution in [0.25, 0.3) is 0 Å². The van der Waals surface area contributed by atoms with E-state index in [1.807, 2.05) is 36.4 Å². The van der Waals surface area contributed by atoms with E-state index in [-0.39, 0.29) is 11.6 Å². The van der Waals surface area contributed by atoms with Crippen LogP contribution in [0.2, 0.25) is 5.02 Å². The monoisotopic (exact) mass is 593 g/mol. The highest BCUT2D eigenvalue weighted by atomic mass is 127. The summed E-state index contributed by atoms with van der Waals surface area (Å²) in [4.78, 5) is 13.6. The molecule has 0 aromatic heterocycles. The third kappa shape index (κ3) is 6.80. The van der Waals surface area contributed by atoms with Crippen LogP contribution < -0.4 is 10.1 Å². The minimum absolute atomic E-state index is 0.256. The average Bonchev–Trinajstić information content (AvgIpc) is 3.21. The summed E-state index contributed by atoms with van der Waals surface area (Å²) in [5.41, 5.74) is 2.01. The molecule has 7 heteroatoms. The van der Waals surface area contributed by atoms with E-state index in [1.54, 1.807) is 11.8 Å². The van der Waals surface area contributed by atoms with Gasteiger partial charge in [-0.2, -0.15) is 0 Å². The van der Waals surface area contributed by atoms with Crippen molar-refractivity contribution >= 4 is 52.0 Å². The van der Waals surface area contributed by atoms with Gasteiger partial charge in [0.25, 0.3) is 0 Å². The second-order valence-corrected chi connectivity index (χ2v) is 10.4. The SMILES string of the molecule is O=C1NC(CI)(CCCc2ccc(Sc3cccc(OCc4ccccc4)c3)cc2Cl)CO1. The number of ether oxygens (including phenoxy) is 2. The fourth-order valence-electron chi connectivity index (χ4n) is 3.68. The number of hydrogen-bond acceptors (Lipinski definition) is 4. The third-order valence-electron chi connectivity index (χ3n) is 5.52. The number of carbonyl (C=O) groups excluding carboxylic acids is 1. The molecule has 4 nitrogen and oxygen atoms in total. The van der Waals surface area contributed by atoms with Crippen LogP contribution in [-0.4, -0.2) is 22.7 Å². The van der Waals surface area contributed by atoms with Gasteiger partial charge < -0.3 is 14.8 Å². The molecule has 0 aliphatic carbocycles. The van der Waals surface area contributed by atoms with Crippen LogP contribution >= 0.6 is 46.0 Å². The number of alkyl halides is 1. The van der Waals surface area contributed by atoms with Crippen LogP contribution in [0.5, 0.6) is 5.75 Å². The van der Waals surface area contributed by atoms with E-state index in [0.717, 1.165) is 55.4 Å². The summed E-state index contributed by atoms with van der Waals surface area (Å²) in [7, 11) is 0. The molecule has 1 aliphatic rings. The molecule has 0 saturated carbocycles. The minimum Gasteiger partial charge on any atom is -0.489 e. The third-order valence-corrected chi connectivity index (χ3v) is 8.31. The lowest BCUT2D eigenvalue weighted by Gasteiger charge is -2.23. The van der Waals surface area contributed by atoms with Crippen molar-refractivity contribution in [2.75, 3.05) is 11.0 Å². The van der Waals surface area contributed by atoms with Crippen molar-refractivity contribution in [2.24, 2.45) is 0 Å². The quantitative estimate of drug-likeness (QED) is 0.198. The zero-order valence-corrected chi connectivity index (χ0v) is 21.8. The van der Waals surface area contributed by atoms with Crippen LogP contribution in [0, 0.1) is 0 Å².